The van der Waals surface area contributed by atoms with Crippen molar-refractivity contribution in [3.05, 3.63) is 69.2 Å². The van der Waals surface area contributed by atoms with E-state index in [0.29, 0.717) is 6.54 Å². The Balaban J connectivity index is 1.93. The Hall–Kier alpha value is -1.16. The molecule has 0 atom stereocenters. The molecule has 0 aliphatic rings. The van der Waals surface area contributed by atoms with Gasteiger partial charge in [0.15, 0.2) is 5.78 Å². The third-order valence-electron chi connectivity index (χ3n) is 2.95. The van der Waals surface area contributed by atoms with Crippen LogP contribution in [0.5, 0.6) is 0 Å². The SMILES string of the molecule is CN(CC(=O)c1ccc(Br)cc1)Cc1ccc(Cl)cc1. The van der Waals surface area contributed by atoms with Gasteiger partial charge in [0.2, 0.25) is 0 Å². The van der Waals surface area contributed by atoms with Crippen LogP contribution in [0.1, 0.15) is 15.9 Å². The van der Waals surface area contributed by atoms with Crippen LogP contribution < -0.4 is 0 Å². The molecule has 4 heteroatoms. The number of Topliss-reactive ketones (excluding diaryl/α,β-unsaturated/α-hetero) is 1. The summed E-state index contributed by atoms with van der Waals surface area (Å²) in [7, 11) is 1.94. The molecule has 2 aromatic carbocycles. The summed E-state index contributed by atoms with van der Waals surface area (Å²) in [4.78, 5) is 14.1. The van der Waals surface area contributed by atoms with Crippen molar-refractivity contribution in [2.45, 2.75) is 6.54 Å². The van der Waals surface area contributed by atoms with Crippen LogP contribution in [0.25, 0.3) is 0 Å². The van der Waals surface area contributed by atoms with E-state index in [9.17, 15) is 4.79 Å². The average molecular weight is 353 g/mol. The van der Waals surface area contributed by atoms with Gasteiger partial charge in [-0.1, -0.05) is 51.8 Å². The molecule has 0 heterocycles. The highest BCUT2D eigenvalue weighted by Crippen LogP contribution is 2.13. The summed E-state index contributed by atoms with van der Waals surface area (Å²) in [5.74, 6) is 0.119. The van der Waals surface area contributed by atoms with E-state index in [0.717, 1.165) is 27.2 Å². The lowest BCUT2D eigenvalue weighted by molar-refractivity contribution is 0.0943. The van der Waals surface area contributed by atoms with Crippen molar-refractivity contribution in [3.63, 3.8) is 0 Å². The van der Waals surface area contributed by atoms with E-state index < -0.39 is 0 Å². The zero-order chi connectivity index (χ0) is 14.5. The van der Waals surface area contributed by atoms with Gasteiger partial charge in [-0.3, -0.25) is 9.69 Å². The molecule has 0 aromatic heterocycles. The molecule has 104 valence electrons. The Morgan fingerprint density at radius 3 is 2.30 bits per heavy atom. The second-order valence-electron chi connectivity index (χ2n) is 4.73. The summed E-state index contributed by atoms with van der Waals surface area (Å²) in [6.07, 6.45) is 0. The Morgan fingerprint density at radius 2 is 1.70 bits per heavy atom. The van der Waals surface area contributed by atoms with Crippen molar-refractivity contribution in [1.82, 2.24) is 4.90 Å². The van der Waals surface area contributed by atoms with Gasteiger partial charge in [-0.15, -0.1) is 0 Å². The van der Waals surface area contributed by atoms with Crippen molar-refractivity contribution < 1.29 is 4.79 Å². The lowest BCUT2D eigenvalue weighted by atomic mass is 10.1. The number of hydrogen-bond donors (Lipinski definition) is 0. The third kappa shape index (κ3) is 4.44. The normalized spacial score (nSPS) is 10.8. The monoisotopic (exact) mass is 351 g/mol. The summed E-state index contributed by atoms with van der Waals surface area (Å²) in [5, 5.41) is 0.724. The molecule has 0 N–H and O–H groups in total. The lowest BCUT2D eigenvalue weighted by Gasteiger charge is -2.16. The van der Waals surface area contributed by atoms with Crippen molar-refractivity contribution in [2.24, 2.45) is 0 Å². The van der Waals surface area contributed by atoms with Gasteiger partial charge in [0, 0.05) is 21.6 Å². The molecule has 0 fully saturated rings. The van der Waals surface area contributed by atoms with E-state index in [4.69, 9.17) is 11.6 Å². The highest BCUT2D eigenvalue weighted by atomic mass is 79.9. The predicted molar refractivity (Wildman–Crippen MR) is 86.3 cm³/mol. The fourth-order valence-electron chi connectivity index (χ4n) is 1.93. The number of halogens is 2. The third-order valence-corrected chi connectivity index (χ3v) is 3.73. The second kappa shape index (κ2) is 7.02. The van der Waals surface area contributed by atoms with Crippen molar-refractivity contribution in [3.8, 4) is 0 Å². The lowest BCUT2D eigenvalue weighted by Crippen LogP contribution is -2.25. The quantitative estimate of drug-likeness (QED) is 0.743. The first-order valence-corrected chi connectivity index (χ1v) is 7.43. The first kappa shape index (κ1) is 15.2. The van der Waals surface area contributed by atoms with Crippen LogP contribution in [0.4, 0.5) is 0 Å². The van der Waals surface area contributed by atoms with Crippen LogP contribution in [0.15, 0.2) is 53.0 Å². The van der Waals surface area contributed by atoms with Gasteiger partial charge in [-0.05, 0) is 36.9 Å². The largest absolute Gasteiger partial charge is 0.295 e. The van der Waals surface area contributed by atoms with E-state index in [2.05, 4.69) is 15.9 Å². The molecule has 0 radical (unpaired) electrons. The molecular weight excluding hydrogens is 338 g/mol. The summed E-state index contributed by atoms with van der Waals surface area (Å²) >= 11 is 9.22. The number of carbonyl (C=O) groups is 1. The molecule has 2 rings (SSSR count). The van der Waals surface area contributed by atoms with Crippen LogP contribution in [0.3, 0.4) is 0 Å². The minimum atomic E-state index is 0.119. The summed E-state index contributed by atoms with van der Waals surface area (Å²) in [6.45, 7) is 1.11. The summed E-state index contributed by atoms with van der Waals surface area (Å²) in [5.41, 5.74) is 1.87. The van der Waals surface area contributed by atoms with Crippen LogP contribution >= 0.6 is 27.5 Å². The van der Waals surface area contributed by atoms with Crippen molar-refractivity contribution in [2.75, 3.05) is 13.6 Å². The average Bonchev–Trinajstić information content (AvgIpc) is 2.42. The number of hydrogen-bond acceptors (Lipinski definition) is 2. The first-order chi connectivity index (χ1) is 9.54. The molecule has 0 spiro atoms. The molecule has 0 saturated carbocycles. The van der Waals surface area contributed by atoms with Crippen LogP contribution in [-0.4, -0.2) is 24.3 Å². The zero-order valence-corrected chi connectivity index (χ0v) is 13.5. The van der Waals surface area contributed by atoms with Crippen LogP contribution in [0.2, 0.25) is 5.02 Å². The molecule has 0 saturated heterocycles. The van der Waals surface area contributed by atoms with Gasteiger partial charge in [0.1, 0.15) is 0 Å². The maximum Gasteiger partial charge on any atom is 0.176 e. The van der Waals surface area contributed by atoms with E-state index in [1.165, 1.54) is 0 Å². The van der Waals surface area contributed by atoms with Crippen LogP contribution in [0, 0.1) is 0 Å². The van der Waals surface area contributed by atoms with Gasteiger partial charge in [-0.25, -0.2) is 0 Å². The Morgan fingerprint density at radius 1 is 1.10 bits per heavy atom. The highest BCUT2D eigenvalue weighted by Gasteiger charge is 2.09. The van der Waals surface area contributed by atoms with Crippen LogP contribution in [-0.2, 0) is 6.54 Å². The van der Waals surface area contributed by atoms with E-state index in [-0.39, 0.29) is 5.78 Å². The number of benzene rings is 2. The van der Waals surface area contributed by atoms with E-state index in [1.54, 1.807) is 0 Å². The molecule has 0 aliphatic heterocycles. The molecule has 20 heavy (non-hydrogen) atoms. The van der Waals surface area contributed by atoms with Crippen molar-refractivity contribution in [1.29, 1.82) is 0 Å². The van der Waals surface area contributed by atoms with Gasteiger partial charge < -0.3 is 0 Å². The molecule has 0 amide bonds. The molecular formula is C16H15BrClNO. The molecule has 0 bridgehead atoms. The summed E-state index contributed by atoms with van der Waals surface area (Å²) < 4.78 is 0.976. The number of nitrogens with zero attached hydrogens (tertiary/aromatic N) is 1. The van der Waals surface area contributed by atoms with E-state index >= 15 is 0 Å². The highest BCUT2D eigenvalue weighted by molar-refractivity contribution is 9.10. The molecule has 0 unspecified atom stereocenters. The molecule has 2 aromatic rings. The predicted octanol–water partition coefficient (Wildman–Crippen LogP) is 4.42. The van der Waals surface area contributed by atoms with Gasteiger partial charge in [-0.2, -0.15) is 0 Å². The second-order valence-corrected chi connectivity index (χ2v) is 6.08. The smallest absolute Gasteiger partial charge is 0.176 e. The maximum atomic E-state index is 12.1. The van der Waals surface area contributed by atoms with E-state index in [1.807, 2.05) is 60.5 Å². The number of rotatable bonds is 5. The Bertz CT molecular complexity index is 580. The van der Waals surface area contributed by atoms with Crippen molar-refractivity contribution >= 4 is 33.3 Å². The summed E-state index contributed by atoms with van der Waals surface area (Å²) in [6, 6.07) is 15.1. The number of ketones is 1. The number of carbonyl (C=O) groups excluding carboxylic acids is 1. The fourth-order valence-corrected chi connectivity index (χ4v) is 2.32. The minimum Gasteiger partial charge on any atom is -0.295 e. The fraction of sp³-hybridized carbons (Fsp3) is 0.188. The molecule has 2 nitrogen and oxygen atoms in total. The minimum absolute atomic E-state index is 0.119. The zero-order valence-electron chi connectivity index (χ0n) is 11.1. The Kier molecular flexibility index (Phi) is 5.35. The topological polar surface area (TPSA) is 20.3 Å². The van der Waals surface area contributed by atoms with Gasteiger partial charge in [0.25, 0.3) is 0 Å². The molecule has 0 aliphatic carbocycles. The van der Waals surface area contributed by atoms with Gasteiger partial charge >= 0.3 is 0 Å². The Labute approximate surface area is 132 Å². The maximum absolute atomic E-state index is 12.1. The first-order valence-electron chi connectivity index (χ1n) is 6.26. The standard InChI is InChI=1S/C16H15BrClNO/c1-19(10-12-2-8-15(18)9-3-12)11-16(20)13-4-6-14(17)7-5-13/h2-9H,10-11H2,1H3. The number of likely N-dealkylation sites (N-methyl/N-ethyl adjacent to an activating group) is 1. The van der Waals surface area contributed by atoms with Gasteiger partial charge in [0.05, 0.1) is 6.54 Å².